The highest BCUT2D eigenvalue weighted by molar-refractivity contribution is 5.68. The summed E-state index contributed by atoms with van der Waals surface area (Å²) < 4.78 is 0. The molecule has 0 aliphatic carbocycles. The Morgan fingerprint density at radius 1 is 0.944 bits per heavy atom. The molecule has 0 spiro atoms. The third kappa shape index (κ3) is 4.27. The molecule has 0 saturated heterocycles. The molecule has 0 amide bonds. The van der Waals surface area contributed by atoms with Gasteiger partial charge in [0.1, 0.15) is 0 Å². The molecule has 0 aromatic carbocycles. The van der Waals surface area contributed by atoms with Crippen molar-refractivity contribution >= 4 is 5.97 Å². The zero-order valence-corrected chi connectivity index (χ0v) is 13.3. The van der Waals surface area contributed by atoms with E-state index < -0.39 is 0 Å². The van der Waals surface area contributed by atoms with Crippen LogP contribution < -0.4 is 0 Å². The predicted molar refractivity (Wildman–Crippen MR) is 74.0 cm³/mol. The summed E-state index contributed by atoms with van der Waals surface area (Å²) in [5.74, 6) is -0.281. The van der Waals surface area contributed by atoms with E-state index in [2.05, 4.69) is 58.2 Å². The summed E-state index contributed by atoms with van der Waals surface area (Å²) in [5, 5.41) is 0. The molecule has 3 nitrogen and oxygen atoms in total. The van der Waals surface area contributed by atoms with Crippen molar-refractivity contribution < 1.29 is 14.6 Å². The van der Waals surface area contributed by atoms with Crippen LogP contribution in [0.4, 0.5) is 0 Å². The molecule has 0 saturated carbocycles. The molecule has 0 aliphatic heterocycles. The fourth-order valence-electron chi connectivity index (χ4n) is 2.39. The molecule has 0 unspecified atom stereocenters. The van der Waals surface area contributed by atoms with Crippen LogP contribution in [0.1, 0.15) is 68.2 Å². The molecule has 3 heteroatoms. The molecular weight excluding hydrogens is 228 g/mol. The second-order valence-corrected chi connectivity index (χ2v) is 7.19. The second-order valence-electron chi connectivity index (χ2n) is 7.19. The van der Waals surface area contributed by atoms with E-state index in [1.807, 2.05) is 0 Å². The first-order valence-electron chi connectivity index (χ1n) is 6.78. The molecule has 0 N–H and O–H groups in total. The summed E-state index contributed by atoms with van der Waals surface area (Å²) >= 11 is 0. The van der Waals surface area contributed by atoms with Crippen LogP contribution in [0, 0.1) is 16.2 Å². The molecule has 0 aromatic heterocycles. The van der Waals surface area contributed by atoms with Crippen LogP contribution in [0.25, 0.3) is 0 Å². The average molecular weight is 258 g/mol. The van der Waals surface area contributed by atoms with E-state index in [-0.39, 0.29) is 22.2 Å². The van der Waals surface area contributed by atoms with Crippen LogP contribution in [-0.4, -0.2) is 12.6 Å². The van der Waals surface area contributed by atoms with Crippen molar-refractivity contribution in [3.05, 3.63) is 0 Å². The van der Waals surface area contributed by atoms with Crippen LogP contribution in [0.2, 0.25) is 0 Å². The molecule has 0 bridgehead atoms. The summed E-state index contributed by atoms with van der Waals surface area (Å²) in [6, 6.07) is 0. The first-order valence-corrected chi connectivity index (χ1v) is 6.78. The Morgan fingerprint density at radius 3 is 1.72 bits per heavy atom. The number of hydrogen-bond acceptors (Lipinski definition) is 3. The van der Waals surface area contributed by atoms with E-state index in [0.717, 1.165) is 6.42 Å². The minimum atomic E-state index is -0.281. The summed E-state index contributed by atoms with van der Waals surface area (Å²) in [6.07, 6.45) is 1.19. The normalized spacial score (nSPS) is 13.6. The molecule has 0 aliphatic rings. The quantitative estimate of drug-likeness (QED) is 0.543. The summed E-state index contributed by atoms with van der Waals surface area (Å²) in [5.41, 5.74) is 0.291. The lowest BCUT2D eigenvalue weighted by Crippen LogP contribution is -2.44. The van der Waals surface area contributed by atoms with E-state index in [1.165, 1.54) is 0 Å². The van der Waals surface area contributed by atoms with Gasteiger partial charge in [-0.3, -0.25) is 4.89 Å². The lowest BCUT2D eigenvalue weighted by molar-refractivity contribution is -0.270. The molecule has 18 heavy (non-hydrogen) atoms. The maximum atomic E-state index is 11.6. The van der Waals surface area contributed by atoms with Crippen LogP contribution in [0.5, 0.6) is 0 Å². The molecule has 108 valence electrons. The molecule has 0 radical (unpaired) electrons. The topological polar surface area (TPSA) is 35.5 Å². The zero-order chi connectivity index (χ0) is 14.6. The summed E-state index contributed by atoms with van der Waals surface area (Å²) in [4.78, 5) is 20.9. The smallest absolute Gasteiger partial charge is 0.298 e. The van der Waals surface area contributed by atoms with Gasteiger partial charge in [0.25, 0.3) is 0 Å². The van der Waals surface area contributed by atoms with Gasteiger partial charge in [-0.05, 0) is 29.6 Å². The molecule has 0 atom stereocenters. The van der Waals surface area contributed by atoms with E-state index in [9.17, 15) is 4.79 Å². The van der Waals surface area contributed by atoms with E-state index in [0.29, 0.717) is 13.0 Å². The minimum absolute atomic E-state index is 0.0469. The third-order valence-corrected chi connectivity index (χ3v) is 4.41. The number of carbonyl (C=O) groups excluding carboxylic acids is 1. The molecular formula is C15H30O3. The van der Waals surface area contributed by atoms with Crippen molar-refractivity contribution in [2.75, 3.05) is 6.61 Å². The Morgan fingerprint density at radius 2 is 1.39 bits per heavy atom. The molecule has 0 fully saturated rings. The number of rotatable bonds is 5. The highest BCUT2D eigenvalue weighted by atomic mass is 17.2. The maximum Gasteiger partial charge on any atom is 0.342 e. The van der Waals surface area contributed by atoms with Crippen molar-refractivity contribution in [3.63, 3.8) is 0 Å². The lowest BCUT2D eigenvalue weighted by atomic mass is 9.53. The average Bonchev–Trinajstić information content (AvgIpc) is 2.19. The largest absolute Gasteiger partial charge is 0.342 e. The third-order valence-electron chi connectivity index (χ3n) is 4.41. The van der Waals surface area contributed by atoms with E-state index in [4.69, 9.17) is 0 Å². The summed E-state index contributed by atoms with van der Waals surface area (Å²) in [6.45, 7) is 17.8. The maximum absolute atomic E-state index is 11.6. The highest BCUT2D eigenvalue weighted by Crippen LogP contribution is 2.54. The fraction of sp³-hybridized carbons (Fsp3) is 0.933. The van der Waals surface area contributed by atoms with Gasteiger partial charge in [-0.15, -0.1) is 0 Å². The van der Waals surface area contributed by atoms with Crippen molar-refractivity contribution in [2.24, 2.45) is 16.2 Å². The highest BCUT2D eigenvalue weighted by Gasteiger charge is 2.46. The van der Waals surface area contributed by atoms with E-state index in [1.54, 1.807) is 6.92 Å². The number of hydrogen-bond donors (Lipinski definition) is 0. The fourth-order valence-corrected chi connectivity index (χ4v) is 2.39. The molecule has 0 rings (SSSR count). The lowest BCUT2D eigenvalue weighted by Gasteiger charge is -2.51. The zero-order valence-electron chi connectivity index (χ0n) is 13.3. The van der Waals surface area contributed by atoms with Gasteiger partial charge in [-0.2, -0.15) is 4.89 Å². The standard InChI is InChI=1S/C15H30O3/c1-9-17-18-12(16)10-11-15(8,13(2,3)4)14(5,6)7/h9-11H2,1-8H3. The number of carbonyl (C=O) groups is 1. The predicted octanol–water partition coefficient (Wildman–Crippen LogP) is 4.36. The van der Waals surface area contributed by atoms with Gasteiger partial charge < -0.3 is 0 Å². The Hall–Kier alpha value is -0.570. The Labute approximate surface area is 112 Å². The van der Waals surface area contributed by atoms with Crippen molar-refractivity contribution in [2.45, 2.75) is 68.2 Å². The molecule has 0 aromatic rings. The van der Waals surface area contributed by atoms with Gasteiger partial charge in [0.15, 0.2) is 0 Å². The van der Waals surface area contributed by atoms with Gasteiger partial charge in [0.05, 0.1) is 6.61 Å². The van der Waals surface area contributed by atoms with Gasteiger partial charge in [0.2, 0.25) is 0 Å². The van der Waals surface area contributed by atoms with Gasteiger partial charge in [-0.25, -0.2) is 4.79 Å². The van der Waals surface area contributed by atoms with Crippen LogP contribution in [-0.2, 0) is 14.6 Å². The Bertz CT molecular complexity index is 254. The minimum Gasteiger partial charge on any atom is -0.298 e. The molecule has 0 heterocycles. The van der Waals surface area contributed by atoms with E-state index >= 15 is 0 Å². The summed E-state index contributed by atoms with van der Waals surface area (Å²) in [7, 11) is 0. The van der Waals surface area contributed by atoms with Crippen molar-refractivity contribution in [1.82, 2.24) is 0 Å². The first-order chi connectivity index (χ1) is 7.95. The first kappa shape index (κ1) is 17.4. The van der Waals surface area contributed by atoms with Crippen LogP contribution in [0.15, 0.2) is 0 Å². The van der Waals surface area contributed by atoms with Crippen molar-refractivity contribution in [3.8, 4) is 0 Å². The Kier molecular flexibility index (Phi) is 5.86. The van der Waals surface area contributed by atoms with Crippen molar-refractivity contribution in [1.29, 1.82) is 0 Å². The SMILES string of the molecule is CCOOC(=O)CCC(C)(C(C)(C)C)C(C)(C)C. The van der Waals surface area contributed by atoms with Gasteiger partial charge >= 0.3 is 5.97 Å². The van der Waals surface area contributed by atoms with Crippen LogP contribution >= 0.6 is 0 Å². The van der Waals surface area contributed by atoms with Gasteiger partial charge in [-0.1, -0.05) is 48.5 Å². The van der Waals surface area contributed by atoms with Crippen LogP contribution in [0.3, 0.4) is 0 Å². The van der Waals surface area contributed by atoms with Gasteiger partial charge in [0, 0.05) is 6.42 Å². The Balaban J connectivity index is 4.71. The second kappa shape index (κ2) is 6.05. The monoisotopic (exact) mass is 258 g/mol.